The van der Waals surface area contributed by atoms with E-state index < -0.39 is 5.97 Å². The molecule has 0 radical (unpaired) electrons. The van der Waals surface area contributed by atoms with Crippen LogP contribution >= 0.6 is 0 Å². The molecule has 168 valence electrons. The predicted octanol–water partition coefficient (Wildman–Crippen LogP) is 4.81. The third-order valence-corrected chi connectivity index (χ3v) is 6.27. The quantitative estimate of drug-likeness (QED) is 0.521. The maximum atomic E-state index is 11.6. The number of rotatable bonds is 9. The SMILES string of the molecule is CCN1C[C@@H](CCc2cccc(OCc3nc(-c4ccccc4)oc3C)c2)[C@@H](C(=O)O)C1. The fourth-order valence-electron chi connectivity index (χ4n) is 4.35. The topological polar surface area (TPSA) is 75.8 Å². The molecule has 6 nitrogen and oxygen atoms in total. The van der Waals surface area contributed by atoms with Gasteiger partial charge in [-0.3, -0.25) is 4.79 Å². The van der Waals surface area contributed by atoms with Gasteiger partial charge in [-0.1, -0.05) is 37.3 Å². The highest BCUT2D eigenvalue weighted by atomic mass is 16.5. The number of carboxylic acids is 1. The molecular formula is C26H30N2O4. The summed E-state index contributed by atoms with van der Waals surface area (Å²) >= 11 is 0. The fraction of sp³-hybridized carbons (Fsp3) is 0.385. The Labute approximate surface area is 188 Å². The summed E-state index contributed by atoms with van der Waals surface area (Å²) in [6, 6.07) is 17.9. The van der Waals surface area contributed by atoms with Gasteiger partial charge in [-0.25, -0.2) is 4.98 Å². The van der Waals surface area contributed by atoms with Gasteiger partial charge in [0.1, 0.15) is 23.8 Å². The molecule has 1 fully saturated rings. The second-order valence-electron chi connectivity index (χ2n) is 8.42. The monoisotopic (exact) mass is 434 g/mol. The van der Waals surface area contributed by atoms with E-state index in [1.54, 1.807) is 0 Å². The van der Waals surface area contributed by atoms with E-state index in [0.29, 0.717) is 19.0 Å². The Bertz CT molecular complexity index is 1050. The van der Waals surface area contributed by atoms with Gasteiger partial charge in [0.05, 0.1) is 5.92 Å². The number of likely N-dealkylation sites (tertiary alicyclic amines) is 1. The lowest BCUT2D eigenvalue weighted by Crippen LogP contribution is -2.23. The molecule has 3 aromatic rings. The van der Waals surface area contributed by atoms with Crippen molar-refractivity contribution in [1.29, 1.82) is 0 Å². The number of benzene rings is 2. The van der Waals surface area contributed by atoms with Crippen molar-refractivity contribution in [3.8, 4) is 17.2 Å². The first kappa shape index (κ1) is 22.1. The van der Waals surface area contributed by atoms with Crippen LogP contribution in [0.3, 0.4) is 0 Å². The Morgan fingerprint density at radius 3 is 2.75 bits per heavy atom. The van der Waals surface area contributed by atoms with Gasteiger partial charge in [0, 0.05) is 18.7 Å². The van der Waals surface area contributed by atoms with E-state index in [9.17, 15) is 9.90 Å². The van der Waals surface area contributed by atoms with Crippen LogP contribution < -0.4 is 4.74 Å². The van der Waals surface area contributed by atoms with E-state index in [1.807, 2.05) is 55.5 Å². The second-order valence-corrected chi connectivity index (χ2v) is 8.42. The van der Waals surface area contributed by atoms with Crippen molar-refractivity contribution in [3.63, 3.8) is 0 Å². The number of hydrogen-bond acceptors (Lipinski definition) is 5. The molecule has 0 bridgehead atoms. The van der Waals surface area contributed by atoms with Crippen molar-refractivity contribution < 1.29 is 19.1 Å². The van der Waals surface area contributed by atoms with Crippen LogP contribution in [-0.2, 0) is 17.8 Å². The van der Waals surface area contributed by atoms with Crippen LogP contribution in [0.2, 0.25) is 0 Å². The van der Waals surface area contributed by atoms with E-state index in [0.717, 1.165) is 54.3 Å². The third kappa shape index (κ3) is 5.19. The molecule has 1 saturated heterocycles. The molecule has 1 aliphatic heterocycles. The normalized spacial score (nSPS) is 18.7. The molecule has 0 saturated carbocycles. The van der Waals surface area contributed by atoms with E-state index in [2.05, 4.69) is 22.9 Å². The highest BCUT2D eigenvalue weighted by molar-refractivity contribution is 5.71. The smallest absolute Gasteiger partial charge is 0.308 e. The number of aliphatic carboxylic acids is 1. The molecule has 4 rings (SSSR count). The molecule has 1 aromatic heterocycles. The summed E-state index contributed by atoms with van der Waals surface area (Å²) < 4.78 is 11.8. The van der Waals surface area contributed by atoms with Gasteiger partial charge in [0.2, 0.25) is 5.89 Å². The summed E-state index contributed by atoms with van der Waals surface area (Å²) in [6.45, 7) is 6.73. The average Bonchev–Trinajstić information content (AvgIpc) is 3.40. The van der Waals surface area contributed by atoms with Crippen LogP contribution in [0.15, 0.2) is 59.0 Å². The molecule has 0 amide bonds. The number of aromatic nitrogens is 1. The van der Waals surface area contributed by atoms with Gasteiger partial charge >= 0.3 is 5.97 Å². The Kier molecular flexibility index (Phi) is 6.90. The molecule has 2 heterocycles. The van der Waals surface area contributed by atoms with Crippen LogP contribution in [0.1, 0.15) is 30.4 Å². The van der Waals surface area contributed by atoms with Gasteiger partial charge in [-0.05, 0) is 62.1 Å². The Morgan fingerprint density at radius 1 is 1.19 bits per heavy atom. The minimum atomic E-state index is -0.680. The van der Waals surface area contributed by atoms with Gasteiger partial charge in [0.15, 0.2) is 0 Å². The fourth-order valence-corrected chi connectivity index (χ4v) is 4.35. The number of oxazole rings is 1. The summed E-state index contributed by atoms with van der Waals surface area (Å²) in [6.07, 6.45) is 1.70. The minimum Gasteiger partial charge on any atom is -0.487 e. The first-order chi connectivity index (χ1) is 15.5. The average molecular weight is 435 g/mol. The van der Waals surface area contributed by atoms with Gasteiger partial charge in [-0.15, -0.1) is 0 Å². The predicted molar refractivity (Wildman–Crippen MR) is 123 cm³/mol. The molecule has 0 spiro atoms. The number of carbonyl (C=O) groups is 1. The summed E-state index contributed by atoms with van der Waals surface area (Å²) in [5.41, 5.74) is 2.88. The molecule has 2 atom stereocenters. The maximum Gasteiger partial charge on any atom is 0.308 e. The van der Waals surface area contributed by atoms with Crippen LogP contribution in [0.5, 0.6) is 5.75 Å². The summed E-state index contributed by atoms with van der Waals surface area (Å²) in [5.74, 6) is 1.36. The number of hydrogen-bond donors (Lipinski definition) is 1. The number of carboxylic acid groups (broad SMARTS) is 1. The summed E-state index contributed by atoms with van der Waals surface area (Å²) in [5, 5.41) is 9.55. The van der Waals surface area contributed by atoms with Crippen LogP contribution in [0.4, 0.5) is 0 Å². The maximum absolute atomic E-state index is 11.6. The van der Waals surface area contributed by atoms with Gasteiger partial charge < -0.3 is 19.2 Å². The molecule has 1 aliphatic rings. The first-order valence-corrected chi connectivity index (χ1v) is 11.2. The highest BCUT2D eigenvalue weighted by Gasteiger charge is 2.36. The largest absolute Gasteiger partial charge is 0.487 e. The molecule has 0 aliphatic carbocycles. The standard InChI is InChI=1S/C26H30N2O4/c1-3-28-15-21(23(16-28)26(29)30)13-12-19-8-7-11-22(14-19)31-17-24-18(2)32-25(27-24)20-9-5-4-6-10-20/h4-11,14,21,23H,3,12-13,15-17H2,1-2H3,(H,29,30)/t21-,23+/m1/s1. The Hall–Kier alpha value is -3.12. The number of aryl methyl sites for hydroxylation is 2. The summed E-state index contributed by atoms with van der Waals surface area (Å²) in [7, 11) is 0. The van der Waals surface area contributed by atoms with Crippen molar-refractivity contribution >= 4 is 5.97 Å². The summed E-state index contributed by atoms with van der Waals surface area (Å²) in [4.78, 5) is 18.4. The number of nitrogens with zero attached hydrogens (tertiary/aromatic N) is 2. The Balaban J connectivity index is 1.36. The zero-order valence-corrected chi connectivity index (χ0v) is 18.7. The van der Waals surface area contributed by atoms with Crippen LogP contribution in [0, 0.1) is 18.8 Å². The number of ether oxygens (including phenoxy) is 1. The van der Waals surface area contributed by atoms with E-state index >= 15 is 0 Å². The van der Waals surface area contributed by atoms with Crippen molar-refractivity contribution in [2.24, 2.45) is 11.8 Å². The molecule has 32 heavy (non-hydrogen) atoms. The van der Waals surface area contributed by atoms with E-state index in [-0.39, 0.29) is 11.8 Å². The first-order valence-electron chi connectivity index (χ1n) is 11.2. The van der Waals surface area contributed by atoms with Crippen molar-refractivity contribution in [2.75, 3.05) is 19.6 Å². The molecular weight excluding hydrogens is 404 g/mol. The van der Waals surface area contributed by atoms with Crippen molar-refractivity contribution in [2.45, 2.75) is 33.3 Å². The molecule has 0 unspecified atom stereocenters. The minimum absolute atomic E-state index is 0.186. The van der Waals surface area contributed by atoms with E-state index in [4.69, 9.17) is 9.15 Å². The van der Waals surface area contributed by atoms with Crippen molar-refractivity contribution in [1.82, 2.24) is 9.88 Å². The highest BCUT2D eigenvalue weighted by Crippen LogP contribution is 2.28. The zero-order chi connectivity index (χ0) is 22.5. The lowest BCUT2D eigenvalue weighted by atomic mass is 9.90. The Morgan fingerprint density at radius 2 is 2.00 bits per heavy atom. The zero-order valence-electron chi connectivity index (χ0n) is 18.7. The van der Waals surface area contributed by atoms with Crippen LogP contribution in [0.25, 0.3) is 11.5 Å². The van der Waals surface area contributed by atoms with Crippen molar-refractivity contribution in [3.05, 3.63) is 71.6 Å². The van der Waals surface area contributed by atoms with Gasteiger partial charge in [0.25, 0.3) is 0 Å². The van der Waals surface area contributed by atoms with Crippen LogP contribution in [-0.4, -0.2) is 40.6 Å². The lowest BCUT2D eigenvalue weighted by molar-refractivity contribution is -0.142. The van der Waals surface area contributed by atoms with Gasteiger partial charge in [-0.2, -0.15) is 0 Å². The molecule has 2 aromatic carbocycles. The molecule has 1 N–H and O–H groups in total. The molecule has 6 heteroatoms. The lowest BCUT2D eigenvalue weighted by Gasteiger charge is -2.15. The second kappa shape index (κ2) is 10.0. The van der Waals surface area contributed by atoms with E-state index in [1.165, 1.54) is 0 Å². The third-order valence-electron chi connectivity index (χ3n) is 6.27.